The molecule has 4 heterocycles. The highest BCUT2D eigenvalue weighted by Gasteiger charge is 2.24. The van der Waals surface area contributed by atoms with Crippen LogP contribution in [0.25, 0.3) is 117 Å². The van der Waals surface area contributed by atoms with E-state index in [0.717, 1.165) is 88.4 Å². The maximum Gasteiger partial charge on any atom is 0.164 e. The lowest BCUT2D eigenvalue weighted by atomic mass is 9.95. The molecule has 0 unspecified atom stereocenters. The number of furan rings is 2. The second kappa shape index (κ2) is 12.3. The van der Waals surface area contributed by atoms with Crippen LogP contribution < -0.4 is 0 Å². The van der Waals surface area contributed by atoms with Crippen molar-refractivity contribution in [2.45, 2.75) is 0 Å². The number of hydrogen-bond donors (Lipinski definition) is 0. The van der Waals surface area contributed by atoms with Gasteiger partial charge in [0.2, 0.25) is 0 Å². The summed E-state index contributed by atoms with van der Waals surface area (Å²) in [5, 5.41) is 6.44. The molecule has 0 amide bonds. The molecule has 6 heteroatoms. The molecule has 6 nitrogen and oxygen atoms in total. The summed E-state index contributed by atoms with van der Waals surface area (Å²) in [7, 11) is 0. The van der Waals surface area contributed by atoms with E-state index < -0.39 is 0 Å². The maximum atomic E-state index is 7.09. The lowest BCUT2D eigenvalue weighted by Gasteiger charge is -2.13. The number of benzene rings is 8. The van der Waals surface area contributed by atoms with Crippen molar-refractivity contribution in [2.24, 2.45) is 0 Å². The van der Waals surface area contributed by atoms with Crippen molar-refractivity contribution in [3.63, 3.8) is 0 Å². The lowest BCUT2D eigenvalue weighted by Crippen LogP contribution is -2.00. The van der Waals surface area contributed by atoms with Crippen LogP contribution in [0.3, 0.4) is 0 Å². The molecule has 0 aliphatic carbocycles. The SMILES string of the molecule is c1ccc(-c2nc(-c3ccccc3)nc(-c3cccc4oc5c(-n6c7ccccc7c7ccccc76)ccc(-c6ccc7oc8ccccc8c7c6)c5c34)n2)cc1. The van der Waals surface area contributed by atoms with E-state index in [-0.39, 0.29) is 0 Å². The topological polar surface area (TPSA) is 69.9 Å². The zero-order chi connectivity index (χ0) is 37.5. The van der Waals surface area contributed by atoms with Crippen molar-refractivity contribution in [3.8, 4) is 51.0 Å². The van der Waals surface area contributed by atoms with Gasteiger partial charge in [-0.05, 0) is 53.6 Å². The van der Waals surface area contributed by atoms with Crippen LogP contribution in [0.15, 0.2) is 191 Å². The quantitative estimate of drug-likeness (QED) is 0.176. The molecule has 12 rings (SSSR count). The fourth-order valence-corrected chi connectivity index (χ4v) is 8.51. The second-order valence-electron chi connectivity index (χ2n) is 14.3. The number of rotatable bonds is 5. The normalized spacial score (nSPS) is 11.9. The van der Waals surface area contributed by atoms with Gasteiger partial charge in [-0.2, -0.15) is 0 Å². The Kier molecular flexibility index (Phi) is 6.83. The van der Waals surface area contributed by atoms with Gasteiger partial charge in [0.05, 0.1) is 16.7 Å². The van der Waals surface area contributed by atoms with E-state index >= 15 is 0 Å². The second-order valence-corrected chi connectivity index (χ2v) is 14.3. The minimum Gasteiger partial charge on any atom is -0.456 e. The summed E-state index contributed by atoms with van der Waals surface area (Å²) in [4.78, 5) is 15.3. The van der Waals surface area contributed by atoms with Crippen LogP contribution in [0.5, 0.6) is 0 Å². The predicted molar refractivity (Wildman–Crippen MR) is 230 cm³/mol. The van der Waals surface area contributed by atoms with Crippen LogP contribution in [0.2, 0.25) is 0 Å². The largest absolute Gasteiger partial charge is 0.456 e. The first-order chi connectivity index (χ1) is 28.3. The Labute approximate surface area is 325 Å². The molecular formula is C51H30N4O2. The van der Waals surface area contributed by atoms with Gasteiger partial charge in [-0.1, -0.05) is 140 Å². The minimum atomic E-state index is 0.570. The van der Waals surface area contributed by atoms with Crippen LogP contribution >= 0.6 is 0 Å². The lowest BCUT2D eigenvalue weighted by molar-refractivity contribution is 0.666. The highest BCUT2D eigenvalue weighted by molar-refractivity contribution is 6.21. The predicted octanol–water partition coefficient (Wildman–Crippen LogP) is 13.4. The van der Waals surface area contributed by atoms with E-state index in [1.807, 2.05) is 84.9 Å². The molecular weight excluding hydrogens is 701 g/mol. The molecule has 0 bridgehead atoms. The number of hydrogen-bond acceptors (Lipinski definition) is 5. The Balaban J connectivity index is 1.20. The van der Waals surface area contributed by atoms with Crippen LogP contribution in [-0.2, 0) is 0 Å². The van der Waals surface area contributed by atoms with Crippen molar-refractivity contribution in [2.75, 3.05) is 0 Å². The Bertz CT molecular complexity index is 3410. The summed E-state index contributed by atoms with van der Waals surface area (Å²) in [6, 6.07) is 62.6. The number of fused-ring (bicyclic) bond motifs is 9. The number of nitrogens with zero attached hydrogens (tertiary/aromatic N) is 4. The molecule has 0 radical (unpaired) electrons. The Morgan fingerprint density at radius 2 is 0.930 bits per heavy atom. The molecule has 0 N–H and O–H groups in total. The van der Waals surface area contributed by atoms with E-state index in [1.165, 1.54) is 10.8 Å². The summed E-state index contributed by atoms with van der Waals surface area (Å²) < 4.78 is 15.7. The fraction of sp³-hybridized carbons (Fsp3) is 0. The fourth-order valence-electron chi connectivity index (χ4n) is 8.51. The zero-order valence-corrected chi connectivity index (χ0v) is 30.4. The molecule has 0 atom stereocenters. The standard InChI is InChI=1S/C51H30N4O2/c1-3-14-31(15-4-1)49-52-50(32-16-5-2-6-17-32)54-51(53-49)38-21-13-25-45-46(38)47-34(33-26-29-44-39(30-33)37-20-9-12-24-43(37)56-44)27-28-42(48(47)57-45)55-40-22-10-7-18-35(40)36-19-8-11-23-41(36)55/h1-30H. The number of para-hydroxylation sites is 3. The molecule has 4 aromatic heterocycles. The van der Waals surface area contributed by atoms with Gasteiger partial charge in [0.25, 0.3) is 0 Å². The average Bonchev–Trinajstić information content (AvgIpc) is 3.96. The number of aromatic nitrogens is 4. The Morgan fingerprint density at radius 1 is 0.351 bits per heavy atom. The summed E-state index contributed by atoms with van der Waals surface area (Å²) >= 11 is 0. The third-order valence-corrected chi connectivity index (χ3v) is 11.1. The maximum absolute atomic E-state index is 7.09. The Morgan fingerprint density at radius 3 is 1.63 bits per heavy atom. The zero-order valence-electron chi connectivity index (χ0n) is 30.4. The molecule has 0 spiro atoms. The summed E-state index contributed by atoms with van der Waals surface area (Å²) in [5.41, 5.74) is 11.2. The van der Waals surface area contributed by atoms with Crippen LogP contribution in [0, 0.1) is 0 Å². The van der Waals surface area contributed by atoms with E-state index in [9.17, 15) is 0 Å². The summed E-state index contributed by atoms with van der Waals surface area (Å²) in [5.74, 6) is 1.78. The average molecular weight is 731 g/mol. The van der Waals surface area contributed by atoms with E-state index in [4.69, 9.17) is 23.8 Å². The molecule has 0 fully saturated rings. The van der Waals surface area contributed by atoms with Gasteiger partial charge < -0.3 is 13.4 Å². The van der Waals surface area contributed by atoms with Gasteiger partial charge in [-0.15, -0.1) is 0 Å². The van der Waals surface area contributed by atoms with Crippen LogP contribution in [0.4, 0.5) is 0 Å². The van der Waals surface area contributed by atoms with Gasteiger partial charge in [-0.3, -0.25) is 0 Å². The molecule has 266 valence electrons. The third-order valence-electron chi connectivity index (χ3n) is 11.1. The molecule has 0 aliphatic heterocycles. The van der Waals surface area contributed by atoms with Crippen molar-refractivity contribution < 1.29 is 8.83 Å². The van der Waals surface area contributed by atoms with E-state index in [0.29, 0.717) is 17.5 Å². The van der Waals surface area contributed by atoms with Gasteiger partial charge in [0.15, 0.2) is 23.1 Å². The Hall–Kier alpha value is -7.83. The van der Waals surface area contributed by atoms with Gasteiger partial charge in [0, 0.05) is 49.0 Å². The molecule has 8 aromatic carbocycles. The van der Waals surface area contributed by atoms with Crippen LogP contribution in [0.1, 0.15) is 0 Å². The van der Waals surface area contributed by atoms with E-state index in [1.54, 1.807) is 0 Å². The first-order valence-corrected chi connectivity index (χ1v) is 19.0. The van der Waals surface area contributed by atoms with E-state index in [2.05, 4.69) is 102 Å². The highest BCUT2D eigenvalue weighted by Crippen LogP contribution is 2.46. The van der Waals surface area contributed by atoms with Gasteiger partial charge >= 0.3 is 0 Å². The smallest absolute Gasteiger partial charge is 0.164 e. The summed E-state index contributed by atoms with van der Waals surface area (Å²) in [6.07, 6.45) is 0. The molecule has 0 aliphatic rings. The highest BCUT2D eigenvalue weighted by atomic mass is 16.3. The van der Waals surface area contributed by atoms with Gasteiger partial charge in [-0.25, -0.2) is 15.0 Å². The molecule has 0 saturated heterocycles. The van der Waals surface area contributed by atoms with Crippen molar-refractivity contribution in [1.82, 2.24) is 19.5 Å². The monoisotopic (exact) mass is 730 g/mol. The van der Waals surface area contributed by atoms with Crippen molar-refractivity contribution in [3.05, 3.63) is 182 Å². The molecule has 57 heavy (non-hydrogen) atoms. The van der Waals surface area contributed by atoms with Crippen molar-refractivity contribution in [1.29, 1.82) is 0 Å². The third kappa shape index (κ3) is 4.87. The van der Waals surface area contributed by atoms with Crippen molar-refractivity contribution >= 4 is 65.7 Å². The minimum absolute atomic E-state index is 0.570. The summed E-state index contributed by atoms with van der Waals surface area (Å²) in [6.45, 7) is 0. The van der Waals surface area contributed by atoms with Crippen LogP contribution in [-0.4, -0.2) is 19.5 Å². The first-order valence-electron chi connectivity index (χ1n) is 19.0. The first kappa shape index (κ1) is 31.5. The molecule has 0 saturated carbocycles. The van der Waals surface area contributed by atoms with Gasteiger partial charge in [0.1, 0.15) is 16.7 Å². The molecule has 12 aromatic rings.